The highest BCUT2D eigenvalue weighted by Gasteiger charge is 2.22. The molecule has 0 radical (unpaired) electrons. The van der Waals surface area contributed by atoms with E-state index in [2.05, 4.69) is 5.32 Å². The molecule has 0 saturated carbocycles. The van der Waals surface area contributed by atoms with Crippen LogP contribution in [0.25, 0.3) is 0 Å². The molecule has 1 rings (SSSR count). The first kappa shape index (κ1) is 24.6. The van der Waals surface area contributed by atoms with Gasteiger partial charge in [0, 0.05) is 26.7 Å². The largest absolute Gasteiger partial charge is 0.452 e. The first-order valence-electron chi connectivity index (χ1n) is 8.90. The number of esters is 1. The van der Waals surface area contributed by atoms with Gasteiger partial charge in [0.25, 0.3) is 5.91 Å². The maximum Gasteiger partial charge on any atom is 0.338 e. The number of benzene rings is 1. The molecule has 162 valence electrons. The van der Waals surface area contributed by atoms with Gasteiger partial charge in [-0.2, -0.15) is 0 Å². The van der Waals surface area contributed by atoms with E-state index in [-0.39, 0.29) is 22.9 Å². The van der Waals surface area contributed by atoms with E-state index in [1.165, 1.54) is 39.3 Å². The third-order valence-electron chi connectivity index (χ3n) is 3.86. The van der Waals surface area contributed by atoms with E-state index >= 15 is 0 Å². The maximum atomic E-state index is 12.4. The monoisotopic (exact) mass is 427 g/mol. The second kappa shape index (κ2) is 9.36. The van der Waals surface area contributed by atoms with E-state index in [1.807, 2.05) is 20.8 Å². The van der Waals surface area contributed by atoms with Crippen LogP contribution in [0.5, 0.6) is 0 Å². The lowest BCUT2D eigenvalue weighted by atomic mass is 10.1. The van der Waals surface area contributed by atoms with Gasteiger partial charge in [-0.3, -0.25) is 9.59 Å². The maximum absolute atomic E-state index is 12.4. The number of hydrogen-bond acceptors (Lipinski definition) is 6. The Kier molecular flexibility index (Phi) is 7.93. The Morgan fingerprint density at radius 3 is 2.21 bits per heavy atom. The Labute approximate surface area is 172 Å². The quantitative estimate of drug-likeness (QED) is 0.643. The van der Waals surface area contributed by atoms with Gasteiger partial charge in [-0.1, -0.05) is 6.07 Å². The molecule has 0 aromatic heterocycles. The van der Waals surface area contributed by atoms with Crippen LogP contribution in [-0.4, -0.2) is 75.2 Å². The summed E-state index contributed by atoms with van der Waals surface area (Å²) >= 11 is 0. The van der Waals surface area contributed by atoms with E-state index in [0.29, 0.717) is 5.56 Å². The Morgan fingerprint density at radius 1 is 1.10 bits per heavy atom. The van der Waals surface area contributed by atoms with Crippen molar-refractivity contribution in [1.82, 2.24) is 14.5 Å². The summed E-state index contributed by atoms with van der Waals surface area (Å²) in [6.45, 7) is 6.35. The van der Waals surface area contributed by atoms with Gasteiger partial charge < -0.3 is 15.0 Å². The number of ether oxygens (including phenoxy) is 1. The zero-order chi connectivity index (χ0) is 22.6. The number of amides is 2. The molecule has 0 aliphatic heterocycles. The number of nitrogens with one attached hydrogen (secondary N) is 1. The Morgan fingerprint density at radius 2 is 1.69 bits per heavy atom. The minimum absolute atomic E-state index is 0.0499. The molecule has 1 aromatic rings. The third-order valence-corrected chi connectivity index (χ3v) is 5.67. The summed E-state index contributed by atoms with van der Waals surface area (Å²) < 4.78 is 30.6. The molecule has 2 amide bonds. The molecule has 29 heavy (non-hydrogen) atoms. The number of hydrogen-bond donors (Lipinski definition) is 1. The van der Waals surface area contributed by atoms with Crippen LogP contribution in [0.4, 0.5) is 0 Å². The average molecular weight is 428 g/mol. The average Bonchev–Trinajstić information content (AvgIpc) is 2.57. The molecule has 0 atom stereocenters. The summed E-state index contributed by atoms with van der Waals surface area (Å²) in [6, 6.07) is 4.12. The number of carbonyl (C=O) groups excluding carboxylic acids is 3. The van der Waals surface area contributed by atoms with Crippen molar-refractivity contribution in [3.63, 3.8) is 0 Å². The predicted octanol–water partition coefficient (Wildman–Crippen LogP) is 0.775. The van der Waals surface area contributed by atoms with Crippen LogP contribution in [0.15, 0.2) is 23.1 Å². The standard InChI is InChI=1S/C19H29N3O6S/c1-13-8-9-14(29(26,27)21(5)6)10-15(13)18(25)28-12-17(24)22(7)11-16(23)20-19(2,3)4/h8-10H,11-12H2,1-7H3,(H,20,23). The van der Waals surface area contributed by atoms with Crippen LogP contribution in [0.1, 0.15) is 36.7 Å². The summed E-state index contributed by atoms with van der Waals surface area (Å²) in [5.74, 6) is -1.71. The molecule has 0 spiro atoms. The van der Waals surface area contributed by atoms with Crippen LogP contribution < -0.4 is 5.32 Å². The summed E-state index contributed by atoms with van der Waals surface area (Å²) in [5, 5.41) is 2.73. The van der Waals surface area contributed by atoms with Gasteiger partial charge in [0.2, 0.25) is 15.9 Å². The molecule has 1 N–H and O–H groups in total. The molecule has 0 bridgehead atoms. The summed E-state index contributed by atoms with van der Waals surface area (Å²) in [5.41, 5.74) is 0.134. The molecular formula is C19H29N3O6S. The van der Waals surface area contributed by atoms with Crippen molar-refractivity contribution in [3.8, 4) is 0 Å². The van der Waals surface area contributed by atoms with Crippen molar-refractivity contribution in [3.05, 3.63) is 29.3 Å². The van der Waals surface area contributed by atoms with Crippen molar-refractivity contribution in [2.75, 3.05) is 34.3 Å². The van der Waals surface area contributed by atoms with Crippen molar-refractivity contribution >= 4 is 27.8 Å². The third kappa shape index (κ3) is 7.13. The molecule has 9 nitrogen and oxygen atoms in total. The minimum Gasteiger partial charge on any atom is -0.452 e. The highest BCUT2D eigenvalue weighted by atomic mass is 32.2. The molecule has 10 heteroatoms. The fourth-order valence-electron chi connectivity index (χ4n) is 2.27. The first-order chi connectivity index (χ1) is 13.1. The van der Waals surface area contributed by atoms with Gasteiger partial charge in [-0.15, -0.1) is 0 Å². The normalized spacial score (nSPS) is 11.9. The Balaban J connectivity index is 2.80. The van der Waals surface area contributed by atoms with Gasteiger partial charge in [-0.25, -0.2) is 17.5 Å². The van der Waals surface area contributed by atoms with Crippen molar-refractivity contribution < 1.29 is 27.5 Å². The zero-order valence-corrected chi connectivity index (χ0v) is 18.7. The highest BCUT2D eigenvalue weighted by Crippen LogP contribution is 2.19. The van der Waals surface area contributed by atoms with Crippen molar-refractivity contribution in [2.45, 2.75) is 38.1 Å². The summed E-state index contributed by atoms with van der Waals surface area (Å²) in [7, 11) is 0.480. The van der Waals surface area contributed by atoms with E-state index in [1.54, 1.807) is 6.92 Å². The summed E-state index contributed by atoms with van der Waals surface area (Å²) in [4.78, 5) is 37.5. The van der Waals surface area contributed by atoms with Gasteiger partial charge in [0.1, 0.15) is 0 Å². The van der Waals surface area contributed by atoms with E-state index in [4.69, 9.17) is 4.74 Å². The number of rotatable bonds is 7. The highest BCUT2D eigenvalue weighted by molar-refractivity contribution is 7.89. The lowest BCUT2D eigenvalue weighted by Crippen LogP contribution is -2.46. The number of likely N-dealkylation sites (N-methyl/N-ethyl adjacent to an activating group) is 1. The number of carbonyl (C=O) groups is 3. The van der Waals surface area contributed by atoms with E-state index in [0.717, 1.165) is 9.21 Å². The molecule has 0 aliphatic rings. The van der Waals surface area contributed by atoms with Gasteiger partial charge in [0.15, 0.2) is 6.61 Å². The molecule has 0 fully saturated rings. The molecule has 0 aliphatic carbocycles. The molecule has 1 aromatic carbocycles. The fourth-order valence-corrected chi connectivity index (χ4v) is 3.20. The van der Waals surface area contributed by atoms with Crippen LogP contribution in [0.2, 0.25) is 0 Å². The number of aryl methyl sites for hydroxylation is 1. The molecular weight excluding hydrogens is 398 g/mol. The topological polar surface area (TPSA) is 113 Å². The SMILES string of the molecule is Cc1ccc(S(=O)(=O)N(C)C)cc1C(=O)OCC(=O)N(C)CC(=O)NC(C)(C)C. The summed E-state index contributed by atoms with van der Waals surface area (Å²) in [6.07, 6.45) is 0. The Bertz CT molecular complexity index is 888. The van der Waals surface area contributed by atoms with Gasteiger partial charge >= 0.3 is 5.97 Å². The lowest BCUT2D eigenvalue weighted by Gasteiger charge is -2.23. The first-order valence-corrected chi connectivity index (χ1v) is 10.3. The van der Waals surface area contributed by atoms with Crippen LogP contribution in [0, 0.1) is 6.92 Å². The van der Waals surface area contributed by atoms with Crippen LogP contribution >= 0.6 is 0 Å². The van der Waals surface area contributed by atoms with E-state index in [9.17, 15) is 22.8 Å². The zero-order valence-electron chi connectivity index (χ0n) is 17.9. The second-order valence-electron chi connectivity index (χ2n) is 7.89. The molecule has 0 unspecified atom stereocenters. The fraction of sp³-hybridized carbons (Fsp3) is 0.526. The van der Waals surface area contributed by atoms with Crippen LogP contribution in [0.3, 0.4) is 0 Å². The van der Waals surface area contributed by atoms with Crippen LogP contribution in [-0.2, 0) is 24.3 Å². The smallest absolute Gasteiger partial charge is 0.338 e. The lowest BCUT2D eigenvalue weighted by molar-refractivity contribution is -0.137. The van der Waals surface area contributed by atoms with E-state index < -0.39 is 34.0 Å². The second-order valence-corrected chi connectivity index (χ2v) is 10.0. The van der Waals surface area contributed by atoms with Gasteiger partial charge in [-0.05, 0) is 45.4 Å². The van der Waals surface area contributed by atoms with Crippen molar-refractivity contribution in [2.24, 2.45) is 0 Å². The molecule has 0 saturated heterocycles. The number of nitrogens with zero attached hydrogens (tertiary/aromatic N) is 2. The van der Waals surface area contributed by atoms with Gasteiger partial charge in [0.05, 0.1) is 17.0 Å². The minimum atomic E-state index is -3.72. The van der Waals surface area contributed by atoms with Crippen molar-refractivity contribution in [1.29, 1.82) is 0 Å². The number of sulfonamides is 1. The Hall–Kier alpha value is -2.46. The molecule has 0 heterocycles. The predicted molar refractivity (Wildman–Crippen MR) is 108 cm³/mol.